The van der Waals surface area contributed by atoms with Gasteiger partial charge in [0.25, 0.3) is 5.91 Å². The van der Waals surface area contributed by atoms with Crippen LogP contribution in [-0.2, 0) is 13.1 Å². The van der Waals surface area contributed by atoms with Crippen molar-refractivity contribution in [3.63, 3.8) is 0 Å². The molecule has 0 saturated carbocycles. The van der Waals surface area contributed by atoms with Crippen LogP contribution in [-0.4, -0.2) is 15.5 Å². The summed E-state index contributed by atoms with van der Waals surface area (Å²) in [6, 6.07) is 18.6. The van der Waals surface area contributed by atoms with Gasteiger partial charge in [-0.2, -0.15) is 5.26 Å². The van der Waals surface area contributed by atoms with Crippen LogP contribution in [0.4, 0.5) is 0 Å². The van der Waals surface area contributed by atoms with Crippen LogP contribution in [0.2, 0.25) is 0 Å². The zero-order valence-corrected chi connectivity index (χ0v) is 15.0. The standard InChI is InChI=1S/C23H16N4O/c24-10-5-11-27-17-9-4-2-7-14(17)19-20-15(12-25-23(20)28)18-13-6-1-3-8-16(13)26-21(18)22(19)27/h1-4,6-9,26H,5,11-12H2,(H,25,28). The number of amides is 1. The van der Waals surface area contributed by atoms with Crippen LogP contribution in [0.3, 0.4) is 0 Å². The van der Waals surface area contributed by atoms with E-state index in [2.05, 4.69) is 45.2 Å². The molecule has 0 radical (unpaired) electrons. The number of nitrogens with zero attached hydrogens (tertiary/aromatic N) is 2. The summed E-state index contributed by atoms with van der Waals surface area (Å²) in [5, 5.41) is 16.5. The lowest BCUT2D eigenvalue weighted by Gasteiger charge is -2.08. The molecule has 2 aromatic heterocycles. The van der Waals surface area contributed by atoms with Crippen molar-refractivity contribution in [1.29, 1.82) is 5.26 Å². The molecule has 28 heavy (non-hydrogen) atoms. The van der Waals surface area contributed by atoms with Crippen LogP contribution >= 0.6 is 0 Å². The predicted octanol–water partition coefficient (Wildman–Crippen LogP) is 4.59. The van der Waals surface area contributed by atoms with E-state index >= 15 is 0 Å². The van der Waals surface area contributed by atoms with Gasteiger partial charge in [-0.25, -0.2) is 0 Å². The van der Waals surface area contributed by atoms with Crippen molar-refractivity contribution in [3.05, 3.63) is 59.7 Å². The van der Waals surface area contributed by atoms with Crippen molar-refractivity contribution >= 4 is 49.5 Å². The first-order valence-corrected chi connectivity index (χ1v) is 9.41. The lowest BCUT2D eigenvalue weighted by atomic mass is 9.97. The normalized spacial score (nSPS) is 13.5. The third-order valence-corrected chi connectivity index (χ3v) is 5.87. The van der Waals surface area contributed by atoms with Gasteiger partial charge in [-0.15, -0.1) is 0 Å². The Morgan fingerprint density at radius 3 is 2.68 bits per heavy atom. The number of aromatic nitrogens is 2. The number of hydrogen-bond acceptors (Lipinski definition) is 2. The number of para-hydroxylation sites is 2. The van der Waals surface area contributed by atoms with Gasteiger partial charge in [0.2, 0.25) is 0 Å². The van der Waals surface area contributed by atoms with Crippen molar-refractivity contribution in [2.75, 3.05) is 0 Å². The Balaban J connectivity index is 1.95. The molecule has 1 aliphatic rings. The second kappa shape index (κ2) is 5.37. The number of H-pyrrole nitrogens is 1. The van der Waals surface area contributed by atoms with Crippen LogP contribution in [0.5, 0.6) is 0 Å². The molecule has 0 spiro atoms. The first-order chi connectivity index (χ1) is 13.8. The number of benzene rings is 3. The summed E-state index contributed by atoms with van der Waals surface area (Å²) in [6.45, 7) is 1.13. The highest BCUT2D eigenvalue weighted by molar-refractivity contribution is 6.30. The number of aryl methyl sites for hydroxylation is 1. The van der Waals surface area contributed by atoms with Crippen LogP contribution in [0, 0.1) is 11.3 Å². The van der Waals surface area contributed by atoms with Gasteiger partial charge in [-0.1, -0.05) is 36.4 Å². The summed E-state index contributed by atoms with van der Waals surface area (Å²) in [7, 11) is 0. The molecule has 5 heteroatoms. The van der Waals surface area contributed by atoms with Gasteiger partial charge in [0.15, 0.2) is 0 Å². The fraction of sp³-hybridized carbons (Fsp3) is 0.130. The number of hydrogen-bond donors (Lipinski definition) is 2. The number of carbonyl (C=O) groups is 1. The average Bonchev–Trinajstić information content (AvgIpc) is 3.38. The second-order valence-electron chi connectivity index (χ2n) is 7.26. The van der Waals surface area contributed by atoms with Crippen LogP contribution in [0.25, 0.3) is 43.6 Å². The highest BCUT2D eigenvalue weighted by Crippen LogP contribution is 2.43. The summed E-state index contributed by atoms with van der Waals surface area (Å²) < 4.78 is 2.19. The molecule has 134 valence electrons. The van der Waals surface area contributed by atoms with Crippen molar-refractivity contribution in [3.8, 4) is 6.07 Å². The van der Waals surface area contributed by atoms with Gasteiger partial charge in [0.1, 0.15) is 0 Å². The zero-order valence-electron chi connectivity index (χ0n) is 15.0. The van der Waals surface area contributed by atoms with E-state index in [1.165, 1.54) is 0 Å². The van der Waals surface area contributed by atoms with Gasteiger partial charge >= 0.3 is 0 Å². The lowest BCUT2D eigenvalue weighted by Crippen LogP contribution is -2.12. The zero-order chi connectivity index (χ0) is 18.8. The number of fused-ring (bicyclic) bond motifs is 10. The third kappa shape index (κ3) is 1.77. The van der Waals surface area contributed by atoms with E-state index in [4.69, 9.17) is 0 Å². The van der Waals surface area contributed by atoms with E-state index < -0.39 is 0 Å². The van der Waals surface area contributed by atoms with Crippen LogP contribution in [0.1, 0.15) is 22.3 Å². The minimum atomic E-state index is -0.0182. The topological polar surface area (TPSA) is 73.6 Å². The monoisotopic (exact) mass is 364 g/mol. The van der Waals surface area contributed by atoms with E-state index in [1.54, 1.807) is 0 Å². The van der Waals surface area contributed by atoms with Gasteiger partial charge in [-0.05, 0) is 17.7 Å². The maximum absolute atomic E-state index is 12.9. The molecular formula is C23H16N4O. The Labute approximate surface area is 160 Å². The van der Waals surface area contributed by atoms with Crippen molar-refractivity contribution in [2.24, 2.45) is 0 Å². The first kappa shape index (κ1) is 15.3. The molecule has 0 aliphatic carbocycles. The molecule has 3 aromatic carbocycles. The minimum absolute atomic E-state index is 0.0182. The number of carbonyl (C=O) groups excluding carboxylic acids is 1. The summed E-state index contributed by atoms with van der Waals surface area (Å²) >= 11 is 0. The number of nitriles is 1. The van der Waals surface area contributed by atoms with E-state index in [0.717, 1.165) is 54.7 Å². The predicted molar refractivity (Wildman–Crippen MR) is 110 cm³/mol. The Hall–Kier alpha value is -3.78. The highest BCUT2D eigenvalue weighted by Gasteiger charge is 2.30. The molecule has 0 unspecified atom stereocenters. The molecule has 3 heterocycles. The van der Waals surface area contributed by atoms with E-state index in [1.807, 2.05) is 24.3 Å². The van der Waals surface area contributed by atoms with E-state index in [-0.39, 0.29) is 5.91 Å². The maximum atomic E-state index is 12.9. The van der Waals surface area contributed by atoms with Gasteiger partial charge in [-0.3, -0.25) is 4.79 Å². The minimum Gasteiger partial charge on any atom is -0.353 e. The van der Waals surface area contributed by atoms with Gasteiger partial charge in [0.05, 0.1) is 29.1 Å². The van der Waals surface area contributed by atoms with Crippen molar-refractivity contribution < 1.29 is 4.79 Å². The molecule has 2 N–H and O–H groups in total. The molecule has 0 saturated heterocycles. The molecule has 0 atom stereocenters. The third-order valence-electron chi connectivity index (χ3n) is 5.87. The number of aromatic amines is 1. The number of nitrogens with one attached hydrogen (secondary N) is 2. The smallest absolute Gasteiger partial charge is 0.252 e. The SMILES string of the molecule is N#CCCn1c2ccccc2c2c3c(c4c5ccccc5[nH]c4c21)CNC3=O. The average molecular weight is 364 g/mol. The molecule has 1 aliphatic heterocycles. The fourth-order valence-electron chi connectivity index (χ4n) is 4.80. The Morgan fingerprint density at radius 1 is 1.04 bits per heavy atom. The Kier molecular flexibility index (Phi) is 2.93. The summed E-state index contributed by atoms with van der Waals surface area (Å²) in [6.07, 6.45) is 0.415. The largest absolute Gasteiger partial charge is 0.353 e. The van der Waals surface area contributed by atoms with E-state index in [9.17, 15) is 10.1 Å². The molecule has 6 rings (SSSR count). The second-order valence-corrected chi connectivity index (χ2v) is 7.26. The van der Waals surface area contributed by atoms with Gasteiger partial charge in [0, 0.05) is 45.7 Å². The van der Waals surface area contributed by atoms with Crippen LogP contribution in [0.15, 0.2) is 48.5 Å². The molecule has 0 bridgehead atoms. The number of rotatable bonds is 2. The molecule has 0 fully saturated rings. The Morgan fingerprint density at radius 2 is 1.82 bits per heavy atom. The quantitative estimate of drug-likeness (QED) is 0.481. The maximum Gasteiger partial charge on any atom is 0.252 e. The summed E-state index contributed by atoms with van der Waals surface area (Å²) in [5.74, 6) is -0.0182. The molecule has 5 nitrogen and oxygen atoms in total. The summed E-state index contributed by atoms with van der Waals surface area (Å²) in [4.78, 5) is 16.5. The van der Waals surface area contributed by atoms with Crippen LogP contribution < -0.4 is 5.32 Å². The fourth-order valence-corrected chi connectivity index (χ4v) is 4.80. The molecule has 5 aromatic rings. The first-order valence-electron chi connectivity index (χ1n) is 9.41. The molecule has 1 amide bonds. The lowest BCUT2D eigenvalue weighted by molar-refractivity contribution is 0.0967. The molecular weight excluding hydrogens is 348 g/mol. The van der Waals surface area contributed by atoms with Gasteiger partial charge < -0.3 is 14.9 Å². The van der Waals surface area contributed by atoms with Crippen molar-refractivity contribution in [1.82, 2.24) is 14.9 Å². The van der Waals surface area contributed by atoms with Crippen molar-refractivity contribution in [2.45, 2.75) is 19.5 Å². The summed E-state index contributed by atoms with van der Waals surface area (Å²) in [5.41, 5.74) is 6.01. The highest BCUT2D eigenvalue weighted by atomic mass is 16.1. The Bertz CT molecular complexity index is 1500. The van der Waals surface area contributed by atoms with E-state index in [0.29, 0.717) is 19.5 Å².